The normalized spacial score (nSPS) is 11.2. The third-order valence-electron chi connectivity index (χ3n) is 2.06. The number of hydrogen-bond donors (Lipinski definition) is 2. The Bertz CT molecular complexity index is 397. The van der Waals surface area contributed by atoms with Crippen LogP contribution in [0, 0.1) is 15.5 Å². The molecule has 0 aromatic heterocycles. The SMILES string of the molecule is CC(C)(C)CNc1ccc([N+](=O)[O-])cc1N. The van der Waals surface area contributed by atoms with E-state index >= 15 is 0 Å². The molecule has 0 aliphatic carbocycles. The molecule has 0 saturated carbocycles. The van der Waals surface area contributed by atoms with E-state index in [-0.39, 0.29) is 11.1 Å². The monoisotopic (exact) mass is 223 g/mol. The van der Waals surface area contributed by atoms with Gasteiger partial charge in [0, 0.05) is 18.7 Å². The van der Waals surface area contributed by atoms with E-state index < -0.39 is 4.92 Å². The van der Waals surface area contributed by atoms with Crippen LogP contribution in [0.15, 0.2) is 18.2 Å². The van der Waals surface area contributed by atoms with E-state index in [0.717, 1.165) is 12.2 Å². The Kier molecular flexibility index (Phi) is 3.37. The van der Waals surface area contributed by atoms with E-state index in [1.807, 2.05) is 0 Å². The van der Waals surface area contributed by atoms with Crippen molar-refractivity contribution in [2.45, 2.75) is 20.8 Å². The van der Waals surface area contributed by atoms with E-state index in [4.69, 9.17) is 5.73 Å². The molecule has 0 heterocycles. The summed E-state index contributed by atoms with van der Waals surface area (Å²) >= 11 is 0. The molecule has 1 aromatic rings. The molecule has 0 spiro atoms. The van der Waals surface area contributed by atoms with Gasteiger partial charge in [-0.15, -0.1) is 0 Å². The van der Waals surface area contributed by atoms with Gasteiger partial charge in [-0.2, -0.15) is 0 Å². The van der Waals surface area contributed by atoms with Crippen molar-refractivity contribution in [2.24, 2.45) is 5.41 Å². The van der Waals surface area contributed by atoms with Crippen molar-refractivity contribution in [1.82, 2.24) is 0 Å². The van der Waals surface area contributed by atoms with Crippen LogP contribution in [0.25, 0.3) is 0 Å². The number of hydrogen-bond acceptors (Lipinski definition) is 4. The lowest BCUT2D eigenvalue weighted by Crippen LogP contribution is -2.19. The highest BCUT2D eigenvalue weighted by molar-refractivity contribution is 5.69. The summed E-state index contributed by atoms with van der Waals surface area (Å²) in [6, 6.07) is 4.45. The summed E-state index contributed by atoms with van der Waals surface area (Å²) in [7, 11) is 0. The van der Waals surface area contributed by atoms with Gasteiger partial charge in [-0.1, -0.05) is 20.8 Å². The number of nitrogen functional groups attached to an aromatic ring is 1. The number of nitro benzene ring substituents is 1. The van der Waals surface area contributed by atoms with Crippen LogP contribution in [0.2, 0.25) is 0 Å². The predicted octanol–water partition coefficient (Wildman–Crippen LogP) is 2.63. The quantitative estimate of drug-likeness (QED) is 0.469. The zero-order chi connectivity index (χ0) is 12.3. The second kappa shape index (κ2) is 4.38. The molecule has 0 unspecified atom stereocenters. The lowest BCUT2D eigenvalue weighted by Gasteiger charge is -2.20. The Labute approximate surface area is 94.8 Å². The number of nitrogens with two attached hydrogens (primary N) is 1. The topological polar surface area (TPSA) is 81.2 Å². The lowest BCUT2D eigenvalue weighted by molar-refractivity contribution is -0.384. The standard InChI is InChI=1S/C11H17N3O2/c1-11(2,3)7-13-10-5-4-8(14(15)16)6-9(10)12/h4-6,13H,7,12H2,1-3H3. The third kappa shape index (κ3) is 3.42. The first-order valence-corrected chi connectivity index (χ1v) is 5.07. The smallest absolute Gasteiger partial charge is 0.271 e. The minimum atomic E-state index is -0.454. The number of nitro groups is 1. The van der Waals surface area contributed by atoms with Gasteiger partial charge < -0.3 is 11.1 Å². The summed E-state index contributed by atoms with van der Waals surface area (Å²) in [4.78, 5) is 10.1. The van der Waals surface area contributed by atoms with Gasteiger partial charge in [0.25, 0.3) is 5.69 Å². The Balaban J connectivity index is 2.80. The number of nitrogens with one attached hydrogen (secondary N) is 1. The van der Waals surface area contributed by atoms with Crippen LogP contribution < -0.4 is 11.1 Å². The van der Waals surface area contributed by atoms with Crippen LogP contribution in [0.3, 0.4) is 0 Å². The maximum Gasteiger partial charge on any atom is 0.271 e. The molecule has 0 saturated heterocycles. The summed E-state index contributed by atoms with van der Waals surface area (Å²) < 4.78 is 0. The molecule has 0 amide bonds. The molecule has 1 aromatic carbocycles. The molecule has 3 N–H and O–H groups in total. The minimum Gasteiger partial charge on any atom is -0.397 e. The van der Waals surface area contributed by atoms with Gasteiger partial charge in [-0.05, 0) is 11.5 Å². The van der Waals surface area contributed by atoms with Crippen LogP contribution in [0.1, 0.15) is 20.8 Å². The fourth-order valence-electron chi connectivity index (χ4n) is 1.19. The van der Waals surface area contributed by atoms with Crippen molar-refractivity contribution in [1.29, 1.82) is 0 Å². The molecule has 0 atom stereocenters. The van der Waals surface area contributed by atoms with E-state index in [9.17, 15) is 10.1 Å². The highest BCUT2D eigenvalue weighted by atomic mass is 16.6. The number of nitrogens with zero attached hydrogens (tertiary/aromatic N) is 1. The second-order valence-electron chi connectivity index (χ2n) is 4.94. The van der Waals surface area contributed by atoms with Crippen LogP contribution in [0.5, 0.6) is 0 Å². The number of rotatable bonds is 3. The zero-order valence-corrected chi connectivity index (χ0v) is 9.78. The Morgan fingerprint density at radius 3 is 2.50 bits per heavy atom. The summed E-state index contributed by atoms with van der Waals surface area (Å²) in [6.45, 7) is 7.06. The second-order valence-corrected chi connectivity index (χ2v) is 4.94. The van der Waals surface area contributed by atoms with Crippen LogP contribution in [-0.2, 0) is 0 Å². The molecular weight excluding hydrogens is 206 g/mol. The summed E-state index contributed by atoms with van der Waals surface area (Å²) in [5.41, 5.74) is 7.01. The summed E-state index contributed by atoms with van der Waals surface area (Å²) in [6.07, 6.45) is 0. The molecule has 0 radical (unpaired) electrons. The third-order valence-corrected chi connectivity index (χ3v) is 2.06. The first kappa shape index (κ1) is 12.3. The highest BCUT2D eigenvalue weighted by Gasteiger charge is 2.12. The molecule has 0 fully saturated rings. The summed E-state index contributed by atoms with van der Waals surface area (Å²) in [5, 5.41) is 13.7. The van der Waals surface area contributed by atoms with E-state index in [1.165, 1.54) is 12.1 Å². The number of non-ortho nitro benzene ring substituents is 1. The molecule has 0 bridgehead atoms. The van der Waals surface area contributed by atoms with Crippen LogP contribution in [0.4, 0.5) is 17.1 Å². The highest BCUT2D eigenvalue weighted by Crippen LogP contribution is 2.25. The molecule has 88 valence electrons. The maximum atomic E-state index is 10.5. The zero-order valence-electron chi connectivity index (χ0n) is 9.78. The maximum absolute atomic E-state index is 10.5. The van der Waals surface area contributed by atoms with Crippen molar-refractivity contribution in [3.8, 4) is 0 Å². The van der Waals surface area contributed by atoms with Gasteiger partial charge in [0.2, 0.25) is 0 Å². The van der Waals surface area contributed by atoms with Gasteiger partial charge in [-0.3, -0.25) is 10.1 Å². The molecule has 0 aliphatic rings. The lowest BCUT2D eigenvalue weighted by atomic mass is 9.97. The fourth-order valence-corrected chi connectivity index (χ4v) is 1.19. The van der Waals surface area contributed by atoms with E-state index in [2.05, 4.69) is 26.1 Å². The van der Waals surface area contributed by atoms with Crippen molar-refractivity contribution >= 4 is 17.1 Å². The fraction of sp³-hybridized carbons (Fsp3) is 0.455. The average molecular weight is 223 g/mol. The van der Waals surface area contributed by atoms with Gasteiger partial charge in [0.15, 0.2) is 0 Å². The Hall–Kier alpha value is -1.78. The van der Waals surface area contributed by atoms with E-state index in [1.54, 1.807) is 6.07 Å². The van der Waals surface area contributed by atoms with Crippen LogP contribution in [-0.4, -0.2) is 11.5 Å². The number of anilines is 2. The minimum absolute atomic E-state index is 0.0128. The molecule has 0 aliphatic heterocycles. The van der Waals surface area contributed by atoms with Gasteiger partial charge in [-0.25, -0.2) is 0 Å². The van der Waals surface area contributed by atoms with Crippen molar-refractivity contribution in [2.75, 3.05) is 17.6 Å². The number of benzene rings is 1. The average Bonchev–Trinajstić information content (AvgIpc) is 2.14. The van der Waals surface area contributed by atoms with Gasteiger partial charge >= 0.3 is 0 Å². The van der Waals surface area contributed by atoms with Gasteiger partial charge in [0.1, 0.15) is 0 Å². The molecule has 5 nitrogen and oxygen atoms in total. The Morgan fingerprint density at radius 1 is 1.44 bits per heavy atom. The van der Waals surface area contributed by atoms with Crippen molar-refractivity contribution in [3.05, 3.63) is 28.3 Å². The van der Waals surface area contributed by atoms with Gasteiger partial charge in [0.05, 0.1) is 16.3 Å². The first-order chi connectivity index (χ1) is 7.29. The molecule has 16 heavy (non-hydrogen) atoms. The van der Waals surface area contributed by atoms with Crippen molar-refractivity contribution in [3.63, 3.8) is 0 Å². The van der Waals surface area contributed by atoms with Crippen LogP contribution >= 0.6 is 0 Å². The molecular formula is C11H17N3O2. The van der Waals surface area contributed by atoms with E-state index in [0.29, 0.717) is 5.69 Å². The predicted molar refractivity (Wildman–Crippen MR) is 65.5 cm³/mol. The molecule has 1 rings (SSSR count). The van der Waals surface area contributed by atoms with Crippen molar-refractivity contribution < 1.29 is 4.92 Å². The Morgan fingerprint density at radius 2 is 2.06 bits per heavy atom. The molecule has 5 heteroatoms. The summed E-state index contributed by atoms with van der Waals surface area (Å²) in [5.74, 6) is 0. The first-order valence-electron chi connectivity index (χ1n) is 5.07. The largest absolute Gasteiger partial charge is 0.397 e.